The molecule has 0 aromatic carbocycles. The van der Waals surface area contributed by atoms with Crippen LogP contribution in [0, 0.1) is 21.3 Å². The van der Waals surface area contributed by atoms with Gasteiger partial charge in [0, 0.05) is 0 Å². The van der Waals surface area contributed by atoms with Gasteiger partial charge in [-0.2, -0.15) is 10.5 Å². The molecule has 0 aliphatic heterocycles. The van der Waals surface area contributed by atoms with Crippen LogP contribution >= 0.6 is 46.7 Å². The minimum Gasteiger partial charge on any atom is -0.222 e. The van der Waals surface area contributed by atoms with Crippen LogP contribution in [0.25, 0.3) is 0 Å². The van der Waals surface area contributed by atoms with Crippen LogP contribution in [0.4, 0.5) is 0 Å². The zero-order chi connectivity index (χ0) is 10.6. The minimum absolute atomic E-state index is 0.170. The number of thiocyanates is 2. The Hall–Kier alpha value is -0.590. The Labute approximate surface area is 99.0 Å². The number of nitriles is 2. The molecule has 0 saturated heterocycles. The predicted molar refractivity (Wildman–Crippen MR) is 57.2 cm³/mol. The van der Waals surface area contributed by atoms with Crippen molar-refractivity contribution in [1.82, 2.24) is 4.98 Å². The van der Waals surface area contributed by atoms with Gasteiger partial charge < -0.3 is 0 Å². The van der Waals surface area contributed by atoms with Gasteiger partial charge >= 0.3 is 0 Å². The van der Waals surface area contributed by atoms with Crippen molar-refractivity contribution >= 4 is 46.7 Å². The Morgan fingerprint density at radius 3 is 1.86 bits per heavy atom. The highest BCUT2D eigenvalue weighted by molar-refractivity contribution is 8.04. The smallest absolute Gasteiger partial charge is 0.145 e. The standard InChI is InChI=1S/C7HCl2N3S2/c8-6-4(13-2-10)1-5(14-3-11)7(9)12-6/h1H. The lowest BCUT2D eigenvalue weighted by molar-refractivity contribution is 1.16. The molecule has 0 aliphatic rings. The van der Waals surface area contributed by atoms with Gasteiger partial charge in [-0.25, -0.2) is 4.98 Å². The van der Waals surface area contributed by atoms with Gasteiger partial charge in [0.25, 0.3) is 0 Å². The summed E-state index contributed by atoms with van der Waals surface area (Å²) in [6, 6.07) is 1.57. The molecule has 0 bridgehead atoms. The Kier molecular flexibility index (Phi) is 4.37. The number of hydrogen-bond acceptors (Lipinski definition) is 5. The van der Waals surface area contributed by atoms with E-state index in [9.17, 15) is 0 Å². The quantitative estimate of drug-likeness (QED) is 0.463. The first kappa shape index (κ1) is 11.5. The average Bonchev–Trinajstić information content (AvgIpc) is 2.14. The largest absolute Gasteiger partial charge is 0.222 e. The summed E-state index contributed by atoms with van der Waals surface area (Å²) in [6.07, 6.45) is 0. The molecule has 1 rings (SSSR count). The van der Waals surface area contributed by atoms with Crippen molar-refractivity contribution in [2.45, 2.75) is 9.79 Å². The molecular formula is C7HCl2N3S2. The Morgan fingerprint density at radius 1 is 1.07 bits per heavy atom. The fourth-order valence-corrected chi connectivity index (χ4v) is 2.11. The third-order valence-electron chi connectivity index (χ3n) is 1.18. The fraction of sp³-hybridized carbons (Fsp3) is 0. The van der Waals surface area contributed by atoms with Gasteiger partial charge in [-0.05, 0) is 29.6 Å². The van der Waals surface area contributed by atoms with E-state index in [1.807, 2.05) is 10.8 Å². The van der Waals surface area contributed by atoms with E-state index >= 15 is 0 Å². The lowest BCUT2D eigenvalue weighted by Crippen LogP contribution is -1.84. The van der Waals surface area contributed by atoms with Crippen LogP contribution in [-0.4, -0.2) is 4.98 Å². The summed E-state index contributed by atoms with van der Waals surface area (Å²) < 4.78 is 0. The van der Waals surface area contributed by atoms with Crippen LogP contribution in [0.15, 0.2) is 15.9 Å². The van der Waals surface area contributed by atoms with E-state index < -0.39 is 0 Å². The van der Waals surface area contributed by atoms with E-state index in [1.165, 1.54) is 0 Å². The molecule has 1 aromatic rings. The van der Waals surface area contributed by atoms with E-state index in [2.05, 4.69) is 4.98 Å². The maximum Gasteiger partial charge on any atom is 0.145 e. The predicted octanol–water partition coefficient (Wildman–Crippen LogP) is 3.53. The van der Waals surface area contributed by atoms with E-state index in [0.717, 1.165) is 23.5 Å². The van der Waals surface area contributed by atoms with Crippen LogP contribution in [-0.2, 0) is 0 Å². The molecule has 0 atom stereocenters. The van der Waals surface area contributed by atoms with Crippen molar-refractivity contribution in [3.8, 4) is 10.8 Å². The van der Waals surface area contributed by atoms with Crippen molar-refractivity contribution in [3.63, 3.8) is 0 Å². The summed E-state index contributed by atoms with van der Waals surface area (Å²) in [5, 5.41) is 21.0. The summed E-state index contributed by atoms with van der Waals surface area (Å²) in [4.78, 5) is 4.79. The second kappa shape index (κ2) is 5.33. The van der Waals surface area contributed by atoms with E-state index in [-0.39, 0.29) is 10.3 Å². The van der Waals surface area contributed by atoms with Gasteiger partial charge in [-0.15, -0.1) is 0 Å². The number of thioether (sulfide) groups is 2. The lowest BCUT2D eigenvalue weighted by atomic mass is 10.5. The topological polar surface area (TPSA) is 60.5 Å². The van der Waals surface area contributed by atoms with Gasteiger partial charge in [0.2, 0.25) is 0 Å². The molecule has 1 heterocycles. The van der Waals surface area contributed by atoms with Crippen LogP contribution < -0.4 is 0 Å². The van der Waals surface area contributed by atoms with Crippen molar-refractivity contribution in [2.24, 2.45) is 0 Å². The lowest BCUT2D eigenvalue weighted by Gasteiger charge is -2.01. The van der Waals surface area contributed by atoms with E-state index in [4.69, 9.17) is 33.7 Å². The Morgan fingerprint density at radius 2 is 1.50 bits per heavy atom. The monoisotopic (exact) mass is 261 g/mol. The molecular weight excluding hydrogens is 261 g/mol. The van der Waals surface area contributed by atoms with Gasteiger partial charge in [0.15, 0.2) is 0 Å². The molecule has 0 saturated carbocycles. The first-order valence-electron chi connectivity index (χ1n) is 3.17. The summed E-state index contributed by atoms with van der Waals surface area (Å²) >= 11 is 13.2. The number of halogens is 2. The van der Waals surface area contributed by atoms with Crippen molar-refractivity contribution in [2.75, 3.05) is 0 Å². The van der Waals surface area contributed by atoms with E-state index in [0.29, 0.717) is 9.79 Å². The van der Waals surface area contributed by atoms with Crippen molar-refractivity contribution < 1.29 is 0 Å². The van der Waals surface area contributed by atoms with Crippen molar-refractivity contribution in [1.29, 1.82) is 10.5 Å². The SMILES string of the molecule is N#CSc1cc(SC#N)c(Cl)nc1Cl. The third kappa shape index (κ3) is 2.70. The van der Waals surface area contributed by atoms with Gasteiger partial charge in [-0.1, -0.05) is 23.2 Å². The summed E-state index contributed by atoms with van der Waals surface area (Å²) in [5.74, 6) is 0. The molecule has 0 spiro atoms. The number of aromatic nitrogens is 1. The fourth-order valence-electron chi connectivity index (χ4n) is 0.676. The number of hydrogen-bond donors (Lipinski definition) is 0. The molecule has 0 aliphatic carbocycles. The van der Waals surface area contributed by atoms with Crippen LogP contribution in [0.2, 0.25) is 10.3 Å². The highest BCUT2D eigenvalue weighted by Crippen LogP contribution is 2.33. The van der Waals surface area contributed by atoms with Crippen LogP contribution in [0.5, 0.6) is 0 Å². The molecule has 3 nitrogen and oxygen atoms in total. The maximum absolute atomic E-state index is 8.46. The zero-order valence-corrected chi connectivity index (χ0v) is 9.64. The summed E-state index contributed by atoms with van der Waals surface area (Å²) in [6.45, 7) is 0. The van der Waals surface area contributed by atoms with Crippen molar-refractivity contribution in [3.05, 3.63) is 16.4 Å². The Bertz CT molecular complexity index is 399. The number of nitrogens with zero attached hydrogens (tertiary/aromatic N) is 3. The van der Waals surface area contributed by atoms with Gasteiger partial charge in [0.05, 0.1) is 9.79 Å². The first-order valence-corrected chi connectivity index (χ1v) is 5.56. The molecule has 7 heteroatoms. The molecule has 0 N–H and O–H groups in total. The second-order valence-electron chi connectivity index (χ2n) is 1.95. The van der Waals surface area contributed by atoms with Gasteiger partial charge in [-0.3, -0.25) is 0 Å². The molecule has 0 unspecified atom stereocenters. The second-order valence-corrected chi connectivity index (χ2v) is 4.32. The van der Waals surface area contributed by atoms with Crippen LogP contribution in [0.3, 0.4) is 0 Å². The minimum atomic E-state index is 0.170. The number of pyridine rings is 1. The molecule has 1 aromatic heterocycles. The normalized spacial score (nSPS) is 9.14. The highest BCUT2D eigenvalue weighted by atomic mass is 35.5. The summed E-state index contributed by atoms with van der Waals surface area (Å²) in [5.41, 5.74) is 0. The number of rotatable bonds is 2. The third-order valence-corrected chi connectivity index (χ3v) is 3.22. The molecule has 0 fully saturated rings. The maximum atomic E-state index is 8.46. The Balaban J connectivity index is 3.16. The summed E-state index contributed by atoms with van der Waals surface area (Å²) in [7, 11) is 0. The van der Waals surface area contributed by atoms with E-state index in [1.54, 1.807) is 6.07 Å². The highest BCUT2D eigenvalue weighted by Gasteiger charge is 2.09. The van der Waals surface area contributed by atoms with Crippen LogP contribution in [0.1, 0.15) is 0 Å². The average molecular weight is 262 g/mol. The zero-order valence-electron chi connectivity index (χ0n) is 6.49. The van der Waals surface area contributed by atoms with Gasteiger partial charge in [0.1, 0.15) is 21.1 Å². The molecule has 70 valence electrons. The first-order chi connectivity index (χ1) is 6.69. The molecule has 0 radical (unpaired) electrons. The molecule has 14 heavy (non-hydrogen) atoms. The molecule has 0 amide bonds.